The minimum absolute atomic E-state index is 0.914. The van der Waals surface area contributed by atoms with Crippen LogP contribution in [0.5, 0.6) is 0 Å². The summed E-state index contributed by atoms with van der Waals surface area (Å²) < 4.78 is 2.03. The minimum Gasteiger partial charge on any atom is -0.397 e. The lowest BCUT2D eigenvalue weighted by molar-refractivity contribution is 0.882. The van der Waals surface area contributed by atoms with Crippen LogP contribution in [0, 0.1) is 13.8 Å². The van der Waals surface area contributed by atoms with Crippen LogP contribution in [0.1, 0.15) is 11.3 Å². The molecule has 0 spiro atoms. The maximum atomic E-state index is 5.68. The van der Waals surface area contributed by atoms with Crippen molar-refractivity contribution in [3.8, 4) is 0 Å². The van der Waals surface area contributed by atoms with Gasteiger partial charge in [-0.1, -0.05) is 0 Å². The quantitative estimate of drug-likeness (QED) is 0.554. The first kappa shape index (κ1) is 6.20. The van der Waals surface area contributed by atoms with Crippen molar-refractivity contribution in [3.63, 3.8) is 0 Å². The molecule has 1 heterocycles. The highest BCUT2D eigenvalue weighted by atomic mass is 14.9. The van der Waals surface area contributed by atoms with Crippen LogP contribution >= 0.6 is 0 Å². The predicted octanol–water partition coefficient (Wildman–Crippen LogP) is 1.22. The van der Waals surface area contributed by atoms with Gasteiger partial charge in [-0.3, -0.25) is 0 Å². The number of nitrogens with two attached hydrogens (primary N) is 1. The van der Waals surface area contributed by atoms with E-state index in [4.69, 9.17) is 5.73 Å². The molecule has 0 saturated carbocycles. The van der Waals surface area contributed by atoms with E-state index in [2.05, 4.69) is 0 Å². The summed E-state index contributed by atoms with van der Waals surface area (Å²) in [6.07, 6.45) is 2.03. The van der Waals surface area contributed by atoms with Gasteiger partial charge in [0.2, 0.25) is 0 Å². The van der Waals surface area contributed by atoms with Crippen LogP contribution in [0.3, 0.4) is 0 Å². The molecule has 0 saturated heterocycles. The molecule has 0 atom stereocenters. The lowest BCUT2D eigenvalue weighted by Gasteiger charge is -1.93. The summed E-state index contributed by atoms with van der Waals surface area (Å²) >= 11 is 0. The highest BCUT2D eigenvalue weighted by Crippen LogP contribution is 2.15. The molecular weight excluding hydrogens is 112 g/mol. The zero-order chi connectivity index (χ0) is 7.02. The van der Waals surface area contributed by atoms with Gasteiger partial charge in [-0.15, -0.1) is 0 Å². The fourth-order valence-corrected chi connectivity index (χ4v) is 0.932. The van der Waals surface area contributed by atoms with Crippen molar-refractivity contribution in [2.75, 3.05) is 5.73 Å². The standard InChI is InChI=1S/C7H12N2/c1-5-4-9(3)6(2)7(5)8/h4H,8H2,1-3H3. The van der Waals surface area contributed by atoms with Crippen LogP contribution in [-0.2, 0) is 7.05 Å². The summed E-state index contributed by atoms with van der Waals surface area (Å²) in [6, 6.07) is 0. The van der Waals surface area contributed by atoms with Crippen molar-refractivity contribution >= 4 is 5.69 Å². The van der Waals surface area contributed by atoms with E-state index in [0.29, 0.717) is 0 Å². The lowest BCUT2D eigenvalue weighted by atomic mass is 10.3. The predicted molar refractivity (Wildman–Crippen MR) is 39.3 cm³/mol. The Morgan fingerprint density at radius 1 is 1.44 bits per heavy atom. The average molecular weight is 124 g/mol. The van der Waals surface area contributed by atoms with Crippen LogP contribution < -0.4 is 5.73 Å². The Kier molecular flexibility index (Phi) is 1.24. The van der Waals surface area contributed by atoms with Crippen molar-refractivity contribution in [2.45, 2.75) is 13.8 Å². The van der Waals surface area contributed by atoms with Gasteiger partial charge in [-0.2, -0.15) is 0 Å². The second-order valence-corrected chi connectivity index (χ2v) is 2.42. The van der Waals surface area contributed by atoms with E-state index in [9.17, 15) is 0 Å². The smallest absolute Gasteiger partial charge is 0.0553 e. The minimum atomic E-state index is 0.914. The Bertz CT molecular complexity index is 201. The van der Waals surface area contributed by atoms with Gasteiger partial charge in [-0.05, 0) is 19.4 Å². The van der Waals surface area contributed by atoms with E-state index in [1.807, 2.05) is 31.7 Å². The molecule has 50 valence electrons. The number of nitrogens with zero attached hydrogens (tertiary/aromatic N) is 1. The van der Waals surface area contributed by atoms with Crippen molar-refractivity contribution in [1.82, 2.24) is 4.57 Å². The van der Waals surface area contributed by atoms with Gasteiger partial charge >= 0.3 is 0 Å². The Labute approximate surface area is 55.3 Å². The molecule has 0 aromatic carbocycles. The van der Waals surface area contributed by atoms with Crippen LogP contribution in [0.4, 0.5) is 5.69 Å². The molecule has 1 aromatic heterocycles. The number of hydrogen-bond acceptors (Lipinski definition) is 1. The molecule has 0 amide bonds. The van der Waals surface area contributed by atoms with Crippen LogP contribution in [-0.4, -0.2) is 4.57 Å². The van der Waals surface area contributed by atoms with E-state index in [1.54, 1.807) is 0 Å². The molecular formula is C7H12N2. The third-order valence-corrected chi connectivity index (χ3v) is 1.73. The Morgan fingerprint density at radius 2 is 2.00 bits per heavy atom. The Morgan fingerprint density at radius 3 is 2.11 bits per heavy atom. The van der Waals surface area contributed by atoms with Crippen molar-refractivity contribution < 1.29 is 0 Å². The number of anilines is 1. The van der Waals surface area contributed by atoms with E-state index in [-0.39, 0.29) is 0 Å². The first-order valence-electron chi connectivity index (χ1n) is 3.01. The SMILES string of the molecule is Cc1cn(C)c(C)c1N. The van der Waals surface area contributed by atoms with Crippen LogP contribution in [0.2, 0.25) is 0 Å². The molecule has 0 bridgehead atoms. The molecule has 0 radical (unpaired) electrons. The van der Waals surface area contributed by atoms with E-state index in [0.717, 1.165) is 16.9 Å². The summed E-state index contributed by atoms with van der Waals surface area (Å²) in [7, 11) is 2.00. The molecule has 2 nitrogen and oxygen atoms in total. The van der Waals surface area contributed by atoms with Gasteiger partial charge in [0, 0.05) is 18.9 Å². The third-order valence-electron chi connectivity index (χ3n) is 1.73. The topological polar surface area (TPSA) is 30.9 Å². The van der Waals surface area contributed by atoms with Crippen LogP contribution in [0.15, 0.2) is 6.20 Å². The summed E-state index contributed by atoms with van der Waals surface area (Å²) in [6.45, 7) is 4.03. The van der Waals surface area contributed by atoms with Crippen molar-refractivity contribution in [1.29, 1.82) is 0 Å². The molecule has 2 N–H and O–H groups in total. The summed E-state index contributed by atoms with van der Waals surface area (Å²) in [5.74, 6) is 0. The van der Waals surface area contributed by atoms with Gasteiger partial charge < -0.3 is 10.3 Å². The average Bonchev–Trinajstić information content (AvgIpc) is 1.98. The van der Waals surface area contributed by atoms with E-state index >= 15 is 0 Å². The van der Waals surface area contributed by atoms with E-state index in [1.165, 1.54) is 0 Å². The molecule has 2 heteroatoms. The number of hydrogen-bond donors (Lipinski definition) is 1. The van der Waals surface area contributed by atoms with Gasteiger partial charge in [0.1, 0.15) is 0 Å². The second kappa shape index (κ2) is 1.79. The molecule has 9 heavy (non-hydrogen) atoms. The summed E-state index contributed by atoms with van der Waals surface area (Å²) in [5, 5.41) is 0. The number of aryl methyl sites for hydroxylation is 2. The second-order valence-electron chi connectivity index (χ2n) is 2.42. The van der Waals surface area contributed by atoms with Gasteiger partial charge in [0.05, 0.1) is 5.69 Å². The van der Waals surface area contributed by atoms with E-state index < -0.39 is 0 Å². The van der Waals surface area contributed by atoms with Crippen LogP contribution in [0.25, 0.3) is 0 Å². The van der Waals surface area contributed by atoms with Gasteiger partial charge in [0.15, 0.2) is 0 Å². The number of rotatable bonds is 0. The zero-order valence-electron chi connectivity index (χ0n) is 6.10. The molecule has 1 aromatic rings. The fraction of sp³-hybridized carbons (Fsp3) is 0.429. The number of nitrogen functional groups attached to an aromatic ring is 1. The highest BCUT2D eigenvalue weighted by Gasteiger charge is 2.00. The Hall–Kier alpha value is -0.920. The normalized spacial score (nSPS) is 10.1. The third kappa shape index (κ3) is 0.803. The Balaban J connectivity index is 3.29. The molecule has 0 unspecified atom stereocenters. The zero-order valence-corrected chi connectivity index (χ0v) is 6.10. The molecule has 0 aliphatic carbocycles. The monoisotopic (exact) mass is 124 g/mol. The first-order chi connectivity index (χ1) is 4.13. The summed E-state index contributed by atoms with van der Waals surface area (Å²) in [5.41, 5.74) is 8.90. The largest absolute Gasteiger partial charge is 0.397 e. The molecule has 1 rings (SSSR count). The van der Waals surface area contributed by atoms with Gasteiger partial charge in [-0.25, -0.2) is 0 Å². The molecule has 0 aliphatic rings. The van der Waals surface area contributed by atoms with Crippen molar-refractivity contribution in [3.05, 3.63) is 17.5 Å². The van der Waals surface area contributed by atoms with Gasteiger partial charge in [0.25, 0.3) is 0 Å². The lowest BCUT2D eigenvalue weighted by Crippen LogP contribution is -1.91. The first-order valence-corrected chi connectivity index (χ1v) is 3.01. The summed E-state index contributed by atoms with van der Waals surface area (Å²) in [4.78, 5) is 0. The molecule has 0 aliphatic heterocycles. The molecule has 0 fully saturated rings. The maximum Gasteiger partial charge on any atom is 0.0553 e. The number of aromatic nitrogens is 1. The highest BCUT2D eigenvalue weighted by molar-refractivity contribution is 5.50. The van der Waals surface area contributed by atoms with Crippen molar-refractivity contribution in [2.24, 2.45) is 7.05 Å². The fourth-order valence-electron chi connectivity index (χ4n) is 0.932. The maximum absolute atomic E-state index is 5.68.